The normalized spacial score (nSPS) is 10.7. The largest absolute Gasteiger partial charge is 0.334 e. The molecular weight excluding hydrogens is 340 g/mol. The Bertz CT molecular complexity index is 932. The van der Waals surface area contributed by atoms with Gasteiger partial charge in [-0.25, -0.2) is 4.79 Å². The van der Waals surface area contributed by atoms with Crippen molar-refractivity contribution < 1.29 is 9.32 Å². The smallest absolute Gasteiger partial charge is 0.321 e. The summed E-state index contributed by atoms with van der Waals surface area (Å²) < 4.78 is 5.33. The number of hydrogen-bond donors (Lipinski definition) is 1. The van der Waals surface area contributed by atoms with Crippen molar-refractivity contribution in [3.63, 3.8) is 0 Å². The van der Waals surface area contributed by atoms with Crippen LogP contribution in [0.25, 0.3) is 11.5 Å². The molecule has 6 nitrogen and oxygen atoms in total. The molecule has 0 atom stereocenters. The number of benzene rings is 2. The molecule has 1 N–H and O–H groups in total. The van der Waals surface area contributed by atoms with Crippen LogP contribution in [-0.4, -0.2) is 34.7 Å². The van der Waals surface area contributed by atoms with Crippen LogP contribution >= 0.6 is 0 Å². The summed E-state index contributed by atoms with van der Waals surface area (Å²) in [6.07, 6.45) is 0.520. The minimum Gasteiger partial charge on any atom is -0.334 e. The highest BCUT2D eigenvalue weighted by Crippen LogP contribution is 2.19. The summed E-state index contributed by atoms with van der Waals surface area (Å²) in [7, 11) is 1.75. The molecule has 0 aliphatic rings. The van der Waals surface area contributed by atoms with Crippen molar-refractivity contribution in [2.75, 3.05) is 18.9 Å². The third-order valence-electron chi connectivity index (χ3n) is 4.63. The lowest BCUT2D eigenvalue weighted by molar-refractivity contribution is 0.222. The highest BCUT2D eigenvalue weighted by atomic mass is 16.5. The first-order valence-corrected chi connectivity index (χ1v) is 8.92. The Labute approximate surface area is 159 Å². The average Bonchev–Trinajstić information content (AvgIpc) is 3.13. The molecule has 0 aliphatic heterocycles. The molecule has 0 spiro atoms. The molecule has 1 heterocycles. The van der Waals surface area contributed by atoms with Gasteiger partial charge >= 0.3 is 6.03 Å². The van der Waals surface area contributed by atoms with Gasteiger partial charge in [0.15, 0.2) is 5.82 Å². The van der Waals surface area contributed by atoms with Gasteiger partial charge in [0, 0.05) is 31.3 Å². The summed E-state index contributed by atoms with van der Waals surface area (Å²) in [6, 6.07) is 13.6. The second-order valence-electron chi connectivity index (χ2n) is 6.73. The van der Waals surface area contributed by atoms with Crippen LogP contribution in [0, 0.1) is 20.8 Å². The van der Waals surface area contributed by atoms with Gasteiger partial charge in [-0.1, -0.05) is 35.0 Å². The number of likely N-dealkylation sites (N-methyl/N-ethyl adjacent to an activating group) is 1. The van der Waals surface area contributed by atoms with E-state index in [1.165, 1.54) is 5.56 Å². The van der Waals surface area contributed by atoms with Crippen molar-refractivity contribution in [2.24, 2.45) is 0 Å². The zero-order valence-electron chi connectivity index (χ0n) is 16.1. The molecule has 0 fully saturated rings. The third-order valence-corrected chi connectivity index (χ3v) is 4.63. The minimum atomic E-state index is -0.161. The van der Waals surface area contributed by atoms with E-state index in [0.717, 1.165) is 22.4 Å². The van der Waals surface area contributed by atoms with Gasteiger partial charge < -0.3 is 14.7 Å². The predicted octanol–water partition coefficient (Wildman–Crippen LogP) is 4.37. The molecule has 0 saturated carbocycles. The number of anilines is 1. The summed E-state index contributed by atoms with van der Waals surface area (Å²) in [6.45, 7) is 6.54. The topological polar surface area (TPSA) is 71.3 Å². The van der Waals surface area contributed by atoms with Gasteiger partial charge in [0.2, 0.25) is 0 Å². The number of rotatable bonds is 5. The van der Waals surface area contributed by atoms with Crippen LogP contribution in [0.1, 0.15) is 22.5 Å². The summed E-state index contributed by atoms with van der Waals surface area (Å²) in [5.74, 6) is 1.07. The SMILES string of the molecule is Cc1ccc(-c2nc(CCN(C)C(=O)Nc3cccc(C)c3C)no2)cc1. The molecule has 0 unspecified atom stereocenters. The maximum Gasteiger partial charge on any atom is 0.321 e. The van der Waals surface area contributed by atoms with Crippen LogP contribution in [0.3, 0.4) is 0 Å². The fourth-order valence-corrected chi connectivity index (χ4v) is 2.64. The third kappa shape index (κ3) is 4.53. The van der Waals surface area contributed by atoms with E-state index in [2.05, 4.69) is 15.5 Å². The summed E-state index contributed by atoms with van der Waals surface area (Å²) in [4.78, 5) is 18.4. The summed E-state index contributed by atoms with van der Waals surface area (Å²) in [5.41, 5.74) is 5.11. The molecule has 6 heteroatoms. The van der Waals surface area contributed by atoms with Crippen LogP contribution in [0.5, 0.6) is 0 Å². The molecule has 27 heavy (non-hydrogen) atoms. The lowest BCUT2D eigenvalue weighted by atomic mass is 10.1. The van der Waals surface area contributed by atoms with E-state index in [4.69, 9.17) is 4.52 Å². The van der Waals surface area contributed by atoms with Gasteiger partial charge in [-0.15, -0.1) is 0 Å². The van der Waals surface area contributed by atoms with Crippen LogP contribution in [0.15, 0.2) is 47.0 Å². The monoisotopic (exact) mass is 364 g/mol. The van der Waals surface area contributed by atoms with E-state index in [1.54, 1.807) is 11.9 Å². The maximum atomic E-state index is 12.4. The number of nitrogens with zero attached hydrogens (tertiary/aromatic N) is 3. The van der Waals surface area contributed by atoms with Crippen LogP contribution < -0.4 is 5.32 Å². The zero-order valence-corrected chi connectivity index (χ0v) is 16.1. The molecule has 2 amide bonds. The Hall–Kier alpha value is -3.15. The predicted molar refractivity (Wildman–Crippen MR) is 106 cm³/mol. The Kier molecular flexibility index (Phi) is 5.54. The number of amides is 2. The van der Waals surface area contributed by atoms with Crippen molar-refractivity contribution in [3.05, 3.63) is 65.0 Å². The first kappa shape index (κ1) is 18.6. The average molecular weight is 364 g/mol. The Morgan fingerprint density at radius 3 is 2.59 bits per heavy atom. The molecule has 0 radical (unpaired) electrons. The van der Waals surface area contributed by atoms with Crippen molar-refractivity contribution in [2.45, 2.75) is 27.2 Å². The number of nitrogens with one attached hydrogen (secondary N) is 1. The lowest BCUT2D eigenvalue weighted by Gasteiger charge is -2.18. The quantitative estimate of drug-likeness (QED) is 0.730. The standard InChI is InChI=1S/C21H24N4O2/c1-14-8-10-17(11-9-14)20-23-19(24-27-20)12-13-25(4)21(26)22-18-7-5-6-15(2)16(18)3/h5-11H,12-13H2,1-4H3,(H,22,26). The van der Waals surface area contributed by atoms with Crippen LogP contribution in [0.4, 0.5) is 10.5 Å². The van der Waals surface area contributed by atoms with E-state index >= 15 is 0 Å². The molecule has 0 saturated heterocycles. The van der Waals surface area contributed by atoms with Gasteiger partial charge in [0.1, 0.15) is 0 Å². The maximum absolute atomic E-state index is 12.4. The molecule has 0 bridgehead atoms. The van der Waals surface area contributed by atoms with E-state index in [0.29, 0.717) is 24.7 Å². The van der Waals surface area contributed by atoms with Crippen molar-refractivity contribution in [1.82, 2.24) is 15.0 Å². The second-order valence-corrected chi connectivity index (χ2v) is 6.73. The molecular formula is C21H24N4O2. The molecule has 2 aromatic carbocycles. The number of carbonyl (C=O) groups is 1. The van der Waals surface area contributed by atoms with Crippen molar-refractivity contribution in [1.29, 1.82) is 0 Å². The van der Waals surface area contributed by atoms with Gasteiger partial charge in [0.05, 0.1) is 0 Å². The van der Waals surface area contributed by atoms with E-state index in [-0.39, 0.29) is 6.03 Å². The number of carbonyl (C=O) groups excluding carboxylic acids is 1. The van der Waals surface area contributed by atoms with Crippen LogP contribution in [-0.2, 0) is 6.42 Å². The summed E-state index contributed by atoms with van der Waals surface area (Å²) >= 11 is 0. The second kappa shape index (κ2) is 8.03. The highest BCUT2D eigenvalue weighted by molar-refractivity contribution is 5.90. The molecule has 3 aromatic rings. The minimum absolute atomic E-state index is 0.161. The van der Waals surface area contributed by atoms with E-state index < -0.39 is 0 Å². The highest BCUT2D eigenvalue weighted by Gasteiger charge is 2.13. The Balaban J connectivity index is 1.57. The Morgan fingerprint density at radius 2 is 1.85 bits per heavy atom. The van der Waals surface area contributed by atoms with Crippen molar-refractivity contribution >= 4 is 11.7 Å². The molecule has 140 valence electrons. The van der Waals surface area contributed by atoms with E-state index in [9.17, 15) is 4.79 Å². The fourth-order valence-electron chi connectivity index (χ4n) is 2.64. The van der Waals surface area contributed by atoms with Gasteiger partial charge in [-0.3, -0.25) is 0 Å². The lowest BCUT2D eigenvalue weighted by Crippen LogP contribution is -2.33. The number of aryl methyl sites for hydroxylation is 2. The first-order chi connectivity index (χ1) is 12.9. The molecule has 0 aliphatic carbocycles. The fraction of sp³-hybridized carbons (Fsp3) is 0.286. The molecule has 1 aromatic heterocycles. The molecule has 3 rings (SSSR count). The zero-order chi connectivity index (χ0) is 19.4. The van der Waals surface area contributed by atoms with Gasteiger partial charge in [-0.2, -0.15) is 4.98 Å². The number of urea groups is 1. The Morgan fingerprint density at radius 1 is 1.11 bits per heavy atom. The summed E-state index contributed by atoms with van der Waals surface area (Å²) in [5, 5.41) is 6.96. The first-order valence-electron chi connectivity index (χ1n) is 8.92. The van der Waals surface area contributed by atoms with Gasteiger partial charge in [0.25, 0.3) is 5.89 Å². The van der Waals surface area contributed by atoms with E-state index in [1.807, 2.05) is 63.2 Å². The van der Waals surface area contributed by atoms with Crippen LogP contribution in [0.2, 0.25) is 0 Å². The van der Waals surface area contributed by atoms with Crippen molar-refractivity contribution in [3.8, 4) is 11.5 Å². The van der Waals surface area contributed by atoms with Gasteiger partial charge in [-0.05, 0) is 50.1 Å². The number of aromatic nitrogens is 2. The number of hydrogen-bond acceptors (Lipinski definition) is 4.